The Kier molecular flexibility index (Phi) is 6.58. The first-order chi connectivity index (χ1) is 13.7. The number of anilines is 1. The van der Waals surface area contributed by atoms with Crippen molar-refractivity contribution in [1.82, 2.24) is 9.88 Å². The fourth-order valence-electron chi connectivity index (χ4n) is 2.73. The Morgan fingerprint density at radius 2 is 1.90 bits per heavy atom. The molecule has 0 aliphatic carbocycles. The van der Waals surface area contributed by atoms with Crippen LogP contribution in [0.3, 0.4) is 0 Å². The van der Waals surface area contributed by atoms with Gasteiger partial charge in [-0.25, -0.2) is 13.4 Å². The van der Waals surface area contributed by atoms with Crippen LogP contribution in [0.1, 0.15) is 17.3 Å². The highest BCUT2D eigenvalue weighted by Gasteiger charge is 2.23. The molecule has 0 radical (unpaired) electrons. The Hall–Kier alpha value is -2.00. The predicted molar refractivity (Wildman–Crippen MR) is 119 cm³/mol. The number of amides is 1. The molecular weight excluding hydrogens is 430 g/mol. The van der Waals surface area contributed by atoms with Crippen LogP contribution in [0.25, 0.3) is 10.2 Å². The van der Waals surface area contributed by atoms with Crippen molar-refractivity contribution >= 4 is 54.0 Å². The summed E-state index contributed by atoms with van der Waals surface area (Å²) in [7, 11) is 0.449. The van der Waals surface area contributed by atoms with Gasteiger partial charge in [0.1, 0.15) is 0 Å². The lowest BCUT2D eigenvalue weighted by molar-refractivity contribution is 0.0985. The molecule has 1 heterocycles. The van der Waals surface area contributed by atoms with Crippen molar-refractivity contribution in [1.29, 1.82) is 0 Å². The Morgan fingerprint density at radius 3 is 2.59 bits per heavy atom. The van der Waals surface area contributed by atoms with Gasteiger partial charge in [0.2, 0.25) is 0 Å². The van der Waals surface area contributed by atoms with Crippen LogP contribution in [-0.4, -0.2) is 57.1 Å². The molecule has 9 heteroatoms. The van der Waals surface area contributed by atoms with Crippen molar-refractivity contribution in [2.24, 2.45) is 0 Å². The quantitative estimate of drug-likeness (QED) is 0.544. The smallest absolute Gasteiger partial charge is 0.260 e. The molecule has 0 spiro atoms. The molecule has 154 valence electrons. The molecule has 6 nitrogen and oxygen atoms in total. The first-order valence-corrected chi connectivity index (χ1v) is 11.9. The van der Waals surface area contributed by atoms with Gasteiger partial charge < -0.3 is 4.90 Å². The topological polar surface area (TPSA) is 70.6 Å². The van der Waals surface area contributed by atoms with Crippen LogP contribution in [0, 0.1) is 0 Å². The number of carbonyl (C=O) groups excluding carboxylic acids is 1. The second kappa shape index (κ2) is 8.79. The van der Waals surface area contributed by atoms with E-state index in [2.05, 4.69) is 4.98 Å². The number of likely N-dealkylation sites (N-methyl/N-ethyl adjacent to an activating group) is 1. The second-order valence-corrected chi connectivity index (χ2v) is 10.5. The number of hydrogen-bond donors (Lipinski definition) is 0. The molecule has 0 saturated carbocycles. The van der Waals surface area contributed by atoms with E-state index in [0.717, 1.165) is 10.2 Å². The highest BCUT2D eigenvalue weighted by molar-refractivity contribution is 7.91. The third-order valence-corrected chi connectivity index (χ3v) is 7.41. The summed E-state index contributed by atoms with van der Waals surface area (Å²) in [5.41, 5.74) is 1.08. The molecule has 0 unspecified atom stereocenters. The molecule has 0 aliphatic heterocycles. The zero-order chi connectivity index (χ0) is 21.2. The molecule has 1 amide bonds. The molecule has 0 bridgehead atoms. The van der Waals surface area contributed by atoms with Crippen molar-refractivity contribution in [2.45, 2.75) is 11.8 Å². The summed E-state index contributed by atoms with van der Waals surface area (Å²) < 4.78 is 25.3. The average Bonchev–Trinajstić information content (AvgIpc) is 3.10. The van der Waals surface area contributed by atoms with Gasteiger partial charge in [0.25, 0.3) is 5.91 Å². The average molecular weight is 452 g/mol. The van der Waals surface area contributed by atoms with Crippen LogP contribution < -0.4 is 4.90 Å². The van der Waals surface area contributed by atoms with E-state index in [4.69, 9.17) is 11.6 Å². The maximum Gasteiger partial charge on any atom is 0.260 e. The van der Waals surface area contributed by atoms with Crippen LogP contribution in [0.4, 0.5) is 5.13 Å². The van der Waals surface area contributed by atoms with Gasteiger partial charge in [0.15, 0.2) is 15.0 Å². The Labute approximate surface area is 179 Å². The number of halogens is 1. The van der Waals surface area contributed by atoms with E-state index in [1.54, 1.807) is 30.0 Å². The van der Waals surface area contributed by atoms with Gasteiger partial charge in [-0.2, -0.15) is 0 Å². The number of thiazole rings is 1. The van der Waals surface area contributed by atoms with Crippen molar-refractivity contribution in [2.75, 3.05) is 37.8 Å². The van der Waals surface area contributed by atoms with Gasteiger partial charge >= 0.3 is 0 Å². The van der Waals surface area contributed by atoms with Crippen LogP contribution in [0.15, 0.2) is 47.4 Å². The minimum atomic E-state index is -3.40. The van der Waals surface area contributed by atoms with Gasteiger partial charge in [-0.3, -0.25) is 9.69 Å². The van der Waals surface area contributed by atoms with Gasteiger partial charge in [-0.1, -0.05) is 35.9 Å². The fraction of sp³-hybridized carbons (Fsp3) is 0.300. The summed E-state index contributed by atoms with van der Waals surface area (Å²) in [6.07, 6.45) is 0. The largest absolute Gasteiger partial charge is 0.308 e. The van der Waals surface area contributed by atoms with Crippen LogP contribution in [0.5, 0.6) is 0 Å². The number of benzene rings is 2. The van der Waals surface area contributed by atoms with Gasteiger partial charge in [0, 0.05) is 23.7 Å². The summed E-state index contributed by atoms with van der Waals surface area (Å²) in [5, 5.41) is 1.16. The maximum absolute atomic E-state index is 13.3. The third kappa shape index (κ3) is 4.95. The van der Waals surface area contributed by atoms with Gasteiger partial charge in [-0.05, 0) is 50.5 Å². The number of rotatable bonds is 7. The van der Waals surface area contributed by atoms with E-state index in [0.29, 0.717) is 28.8 Å². The van der Waals surface area contributed by atoms with Crippen molar-refractivity contribution < 1.29 is 13.2 Å². The zero-order valence-corrected chi connectivity index (χ0v) is 18.8. The van der Waals surface area contributed by atoms with Crippen LogP contribution in [0.2, 0.25) is 5.02 Å². The van der Waals surface area contributed by atoms with Gasteiger partial charge in [0.05, 0.1) is 20.9 Å². The molecule has 0 atom stereocenters. The van der Waals surface area contributed by atoms with E-state index in [1.165, 1.54) is 23.5 Å². The Balaban J connectivity index is 2.02. The maximum atomic E-state index is 13.3. The minimum Gasteiger partial charge on any atom is -0.308 e. The molecule has 3 aromatic rings. The molecule has 2 aromatic carbocycles. The number of fused-ring (bicyclic) bond motifs is 1. The molecular formula is C20H22ClN3O3S2. The molecule has 1 aromatic heterocycles. The SMILES string of the molecule is CCS(=O)(=O)c1cccc(C(=O)N(CCN(C)C)c2nc3ccc(Cl)cc3s2)c1. The summed E-state index contributed by atoms with van der Waals surface area (Å²) in [6.45, 7) is 2.64. The minimum absolute atomic E-state index is 0.0202. The Bertz CT molecular complexity index is 1140. The monoisotopic (exact) mass is 451 g/mol. The normalized spacial score (nSPS) is 11.9. The van der Waals surface area contributed by atoms with Crippen molar-refractivity contribution in [3.8, 4) is 0 Å². The fourth-order valence-corrected chi connectivity index (χ4v) is 4.92. The molecule has 0 N–H and O–H groups in total. The highest BCUT2D eigenvalue weighted by atomic mass is 35.5. The van der Waals surface area contributed by atoms with Crippen molar-refractivity contribution in [3.05, 3.63) is 53.1 Å². The van der Waals surface area contributed by atoms with Crippen LogP contribution in [-0.2, 0) is 9.84 Å². The van der Waals surface area contributed by atoms with E-state index in [-0.39, 0.29) is 16.6 Å². The molecule has 0 aliphatic rings. The number of hydrogen-bond acceptors (Lipinski definition) is 6. The standard InChI is InChI=1S/C20H22ClN3O3S2/c1-4-29(26,27)16-7-5-6-14(12-16)19(25)24(11-10-23(2)3)20-22-17-9-8-15(21)13-18(17)28-20/h5-9,12-13H,4,10-11H2,1-3H3. The highest BCUT2D eigenvalue weighted by Crippen LogP contribution is 2.31. The summed E-state index contributed by atoms with van der Waals surface area (Å²) in [4.78, 5) is 21.6. The summed E-state index contributed by atoms with van der Waals surface area (Å²) >= 11 is 7.46. The van der Waals surface area contributed by atoms with E-state index < -0.39 is 9.84 Å². The number of nitrogens with zero attached hydrogens (tertiary/aromatic N) is 3. The first kappa shape index (κ1) is 21.7. The number of sulfone groups is 1. The summed E-state index contributed by atoms with van der Waals surface area (Å²) in [5.74, 6) is -0.307. The number of aromatic nitrogens is 1. The molecule has 3 rings (SSSR count). The van der Waals surface area contributed by atoms with Crippen molar-refractivity contribution in [3.63, 3.8) is 0 Å². The zero-order valence-electron chi connectivity index (χ0n) is 16.4. The molecule has 0 fully saturated rings. The number of carbonyl (C=O) groups is 1. The molecule has 0 saturated heterocycles. The second-order valence-electron chi connectivity index (χ2n) is 6.80. The van der Waals surface area contributed by atoms with E-state index >= 15 is 0 Å². The van der Waals surface area contributed by atoms with E-state index in [9.17, 15) is 13.2 Å². The predicted octanol–water partition coefficient (Wildman–Crippen LogP) is 3.95. The third-order valence-electron chi connectivity index (χ3n) is 4.41. The first-order valence-electron chi connectivity index (χ1n) is 9.07. The lowest BCUT2D eigenvalue weighted by atomic mass is 10.2. The Morgan fingerprint density at radius 1 is 1.14 bits per heavy atom. The lowest BCUT2D eigenvalue weighted by Gasteiger charge is -2.22. The summed E-state index contributed by atoms with van der Waals surface area (Å²) in [6, 6.07) is 11.6. The van der Waals surface area contributed by atoms with Crippen LogP contribution >= 0.6 is 22.9 Å². The lowest BCUT2D eigenvalue weighted by Crippen LogP contribution is -2.36. The van der Waals surface area contributed by atoms with E-state index in [1.807, 2.05) is 31.1 Å². The van der Waals surface area contributed by atoms with Gasteiger partial charge in [-0.15, -0.1) is 0 Å². The molecule has 29 heavy (non-hydrogen) atoms.